The lowest BCUT2D eigenvalue weighted by Gasteiger charge is -2.12. The molecule has 0 bridgehead atoms. The number of hydrogen-bond acceptors (Lipinski definition) is 8. The van der Waals surface area contributed by atoms with E-state index < -0.39 is 0 Å². The summed E-state index contributed by atoms with van der Waals surface area (Å²) < 4.78 is 3.95. The number of para-hydroxylation sites is 2. The Morgan fingerprint density at radius 3 is 1.50 bits per heavy atom. The first-order valence-corrected chi connectivity index (χ1v) is 15.3. The van der Waals surface area contributed by atoms with Crippen LogP contribution in [0, 0.1) is 0 Å². The normalized spacial score (nSPS) is 11.3. The molecule has 0 fully saturated rings. The van der Waals surface area contributed by atoms with E-state index >= 15 is 0 Å². The average Bonchev–Trinajstić information content (AvgIpc) is 3.55. The molecule has 2 heterocycles. The maximum atomic E-state index is 12.8. The molecule has 4 aromatic carbocycles. The highest BCUT2D eigenvalue weighted by molar-refractivity contribution is 8.02. The Balaban J connectivity index is 1.10. The number of rotatable bonds is 8. The molecule has 2 aromatic heterocycles. The van der Waals surface area contributed by atoms with Crippen molar-refractivity contribution in [1.82, 2.24) is 9.97 Å². The lowest BCUT2D eigenvalue weighted by molar-refractivity contribution is -0.114. The van der Waals surface area contributed by atoms with E-state index in [1.165, 1.54) is 23.5 Å². The van der Waals surface area contributed by atoms with Gasteiger partial charge < -0.3 is 10.6 Å². The Labute approximate surface area is 234 Å². The van der Waals surface area contributed by atoms with Gasteiger partial charge in [0.25, 0.3) is 0 Å². The number of anilines is 2. The molecule has 2 N–H and O–H groups in total. The number of amides is 2. The molecule has 0 aliphatic carbocycles. The van der Waals surface area contributed by atoms with E-state index in [2.05, 4.69) is 20.6 Å². The summed E-state index contributed by atoms with van der Waals surface area (Å²) in [6.45, 7) is 0. The molecule has 2 amide bonds. The molecule has 0 radical (unpaired) electrons. The molecule has 10 heteroatoms. The summed E-state index contributed by atoms with van der Waals surface area (Å²) in [5, 5.41) is 7.77. The number of thiazole rings is 2. The van der Waals surface area contributed by atoms with Gasteiger partial charge in [0.15, 0.2) is 8.68 Å². The zero-order chi connectivity index (χ0) is 25.9. The van der Waals surface area contributed by atoms with E-state index in [0.717, 1.165) is 39.9 Å². The number of aromatic nitrogens is 2. The highest BCUT2D eigenvalue weighted by Gasteiger charge is 2.13. The minimum absolute atomic E-state index is 0.108. The van der Waals surface area contributed by atoms with Crippen LogP contribution in [0.4, 0.5) is 11.4 Å². The van der Waals surface area contributed by atoms with E-state index in [1.54, 1.807) is 22.7 Å². The smallest absolute Gasteiger partial charge is 0.234 e. The fourth-order valence-corrected chi connectivity index (χ4v) is 7.72. The monoisotopic (exact) mass is 572 g/mol. The molecule has 0 spiro atoms. The summed E-state index contributed by atoms with van der Waals surface area (Å²) in [5.74, 6) is 0.303. The fraction of sp³-hybridized carbons (Fsp3) is 0.0714. The Kier molecular flexibility index (Phi) is 7.28. The summed E-state index contributed by atoms with van der Waals surface area (Å²) >= 11 is 6.03. The second kappa shape index (κ2) is 11.1. The van der Waals surface area contributed by atoms with Crippen LogP contribution in [-0.2, 0) is 9.59 Å². The van der Waals surface area contributed by atoms with Crippen molar-refractivity contribution >= 4 is 101 Å². The Morgan fingerprint density at radius 2 is 1.05 bits per heavy atom. The predicted octanol–water partition coefficient (Wildman–Crippen LogP) is 7.52. The van der Waals surface area contributed by atoms with E-state index in [4.69, 9.17) is 0 Å². The van der Waals surface area contributed by atoms with Crippen LogP contribution < -0.4 is 10.6 Å². The van der Waals surface area contributed by atoms with Gasteiger partial charge in [0.2, 0.25) is 11.8 Å². The Bertz CT molecular complexity index is 1600. The maximum absolute atomic E-state index is 12.8. The number of nitrogens with one attached hydrogen (secondary N) is 2. The molecule has 0 saturated carbocycles. The minimum atomic E-state index is -0.108. The molecule has 0 saturated heterocycles. The molecular weight excluding hydrogens is 553 g/mol. The van der Waals surface area contributed by atoms with E-state index in [1.807, 2.05) is 84.9 Å². The molecule has 0 aliphatic heterocycles. The van der Waals surface area contributed by atoms with Gasteiger partial charge in [-0.25, -0.2) is 9.97 Å². The van der Waals surface area contributed by atoms with Gasteiger partial charge >= 0.3 is 0 Å². The van der Waals surface area contributed by atoms with Crippen LogP contribution in [0.5, 0.6) is 0 Å². The number of nitrogens with zero attached hydrogens (tertiary/aromatic N) is 2. The molecule has 188 valence electrons. The molecule has 0 aliphatic rings. The summed E-state index contributed by atoms with van der Waals surface area (Å²) in [6, 6.07) is 27.3. The van der Waals surface area contributed by atoms with Crippen LogP contribution in [-0.4, -0.2) is 33.3 Å². The second-order valence-electron chi connectivity index (χ2n) is 8.27. The van der Waals surface area contributed by atoms with Crippen LogP contribution in [0.2, 0.25) is 0 Å². The van der Waals surface area contributed by atoms with Crippen molar-refractivity contribution in [2.45, 2.75) is 8.68 Å². The highest BCUT2D eigenvalue weighted by atomic mass is 32.2. The van der Waals surface area contributed by atoms with Gasteiger partial charge in [0.1, 0.15) is 0 Å². The van der Waals surface area contributed by atoms with Gasteiger partial charge in [0.05, 0.1) is 31.9 Å². The van der Waals surface area contributed by atoms with E-state index in [-0.39, 0.29) is 23.3 Å². The summed E-state index contributed by atoms with van der Waals surface area (Å²) in [4.78, 5) is 34.7. The summed E-state index contributed by atoms with van der Waals surface area (Å²) in [7, 11) is 0. The molecule has 6 aromatic rings. The van der Waals surface area contributed by atoms with Gasteiger partial charge in [-0.1, -0.05) is 72.1 Å². The first-order chi connectivity index (χ1) is 18.6. The Hall–Kier alpha value is -3.44. The van der Waals surface area contributed by atoms with Gasteiger partial charge in [-0.3, -0.25) is 9.59 Å². The Morgan fingerprint density at radius 1 is 0.605 bits per heavy atom. The number of hydrogen-bond donors (Lipinski definition) is 2. The van der Waals surface area contributed by atoms with Gasteiger partial charge in [0, 0.05) is 22.1 Å². The number of carbonyl (C=O) groups excluding carboxylic acids is 2. The molecule has 6 nitrogen and oxygen atoms in total. The van der Waals surface area contributed by atoms with Crippen LogP contribution in [0.15, 0.2) is 93.6 Å². The zero-order valence-electron chi connectivity index (χ0n) is 19.8. The summed E-state index contributed by atoms with van der Waals surface area (Å²) in [6.07, 6.45) is 0. The minimum Gasteiger partial charge on any atom is -0.325 e. The fourth-order valence-electron chi connectivity index (χ4n) is 3.98. The zero-order valence-corrected chi connectivity index (χ0v) is 23.1. The molecule has 6 rings (SSSR count). The third-order valence-corrected chi connectivity index (χ3v) is 10.0. The van der Waals surface area contributed by atoms with Crippen LogP contribution in [0.3, 0.4) is 0 Å². The number of benzene rings is 4. The first kappa shape index (κ1) is 24.9. The standard InChI is InChI=1S/C28H20N4O2S4/c33-25(15-35-27-31-21-9-1-3-13-23(21)37-27)29-19-11-5-8-18-17(19)7-6-12-20(18)30-26(34)16-36-28-32-22-10-2-4-14-24(22)38-28/h1-14H,15-16H2,(H,29,33)(H,30,34). The van der Waals surface area contributed by atoms with Crippen molar-refractivity contribution in [3.05, 3.63) is 84.9 Å². The van der Waals surface area contributed by atoms with Gasteiger partial charge in [-0.05, 0) is 36.4 Å². The largest absolute Gasteiger partial charge is 0.325 e. The van der Waals surface area contributed by atoms with E-state index in [9.17, 15) is 9.59 Å². The lowest BCUT2D eigenvalue weighted by Crippen LogP contribution is -2.15. The lowest BCUT2D eigenvalue weighted by atomic mass is 10.1. The van der Waals surface area contributed by atoms with Crippen molar-refractivity contribution < 1.29 is 9.59 Å². The molecule has 38 heavy (non-hydrogen) atoms. The first-order valence-electron chi connectivity index (χ1n) is 11.7. The quantitative estimate of drug-likeness (QED) is 0.184. The number of carbonyl (C=O) groups is 2. The van der Waals surface area contributed by atoms with Crippen LogP contribution >= 0.6 is 46.2 Å². The summed E-state index contributed by atoms with van der Waals surface area (Å²) in [5.41, 5.74) is 3.31. The second-order valence-corrected chi connectivity index (χ2v) is 12.8. The maximum Gasteiger partial charge on any atom is 0.234 e. The van der Waals surface area contributed by atoms with Crippen molar-refractivity contribution in [1.29, 1.82) is 0 Å². The topological polar surface area (TPSA) is 84.0 Å². The molecule has 0 atom stereocenters. The van der Waals surface area contributed by atoms with Gasteiger partial charge in [-0.15, -0.1) is 22.7 Å². The third kappa shape index (κ3) is 5.53. The third-order valence-electron chi connectivity index (χ3n) is 5.67. The van der Waals surface area contributed by atoms with E-state index in [0.29, 0.717) is 11.4 Å². The molecule has 0 unspecified atom stereocenters. The number of fused-ring (bicyclic) bond motifs is 3. The highest BCUT2D eigenvalue weighted by Crippen LogP contribution is 2.32. The van der Waals surface area contributed by atoms with Crippen molar-refractivity contribution in [3.63, 3.8) is 0 Å². The van der Waals surface area contributed by atoms with Crippen LogP contribution in [0.25, 0.3) is 31.2 Å². The van der Waals surface area contributed by atoms with Gasteiger partial charge in [-0.2, -0.15) is 0 Å². The van der Waals surface area contributed by atoms with Crippen LogP contribution in [0.1, 0.15) is 0 Å². The molecular formula is C28H20N4O2S4. The average molecular weight is 573 g/mol. The predicted molar refractivity (Wildman–Crippen MR) is 162 cm³/mol. The SMILES string of the molecule is O=C(CSc1nc2ccccc2s1)Nc1cccc2c(NC(=O)CSc3nc4ccccc4s3)cccc12. The van der Waals surface area contributed by atoms with Crippen molar-refractivity contribution in [2.75, 3.05) is 22.1 Å². The van der Waals surface area contributed by atoms with Crippen molar-refractivity contribution in [3.8, 4) is 0 Å². The van der Waals surface area contributed by atoms with Crippen molar-refractivity contribution in [2.24, 2.45) is 0 Å². The number of thioether (sulfide) groups is 2.